The van der Waals surface area contributed by atoms with Gasteiger partial charge in [0.15, 0.2) is 0 Å². The third-order valence-corrected chi connectivity index (χ3v) is 4.38. The number of benzene rings is 1. The van der Waals surface area contributed by atoms with E-state index in [1.165, 1.54) is 10.5 Å². The van der Waals surface area contributed by atoms with Gasteiger partial charge in [-0.05, 0) is 11.6 Å². The number of pyridine rings is 1. The highest BCUT2D eigenvalue weighted by Gasteiger charge is 2.38. The number of fused-ring (bicyclic) bond motifs is 2. The molecule has 1 aliphatic heterocycles. The lowest BCUT2D eigenvalue weighted by atomic mass is 10.0. The molecule has 6 nitrogen and oxygen atoms in total. The van der Waals surface area contributed by atoms with Crippen LogP contribution in [0.1, 0.15) is 24.1 Å². The van der Waals surface area contributed by atoms with E-state index in [9.17, 15) is 13.2 Å². The maximum atomic E-state index is 10.6. The molecule has 26 heavy (non-hydrogen) atoms. The Hall–Kier alpha value is -2.93. The summed E-state index contributed by atoms with van der Waals surface area (Å²) in [7, 11) is 0. The number of carboxylic acid groups (broad SMARTS) is 1. The Morgan fingerprint density at radius 3 is 2.42 bits per heavy atom. The van der Waals surface area contributed by atoms with Gasteiger partial charge in [-0.15, -0.1) is 0 Å². The second-order valence-electron chi connectivity index (χ2n) is 4.87. The van der Waals surface area contributed by atoms with E-state index in [2.05, 4.69) is 17.1 Å². The highest BCUT2D eigenvalue weighted by Crippen LogP contribution is 2.42. The number of rotatable bonds is 0. The smallest absolute Gasteiger partial charge is 0.475 e. The number of nitrogens with zero attached hydrogens (tertiary/aromatic N) is 2. The van der Waals surface area contributed by atoms with E-state index in [1.807, 2.05) is 18.2 Å². The molecular formula is C16H15F3N4O2S. The molecule has 0 radical (unpaired) electrons. The molecule has 0 amide bonds. The summed E-state index contributed by atoms with van der Waals surface area (Å²) in [6.07, 6.45) is -4.38. The molecule has 0 unspecified atom stereocenters. The normalized spacial score (nSPS) is 11.6. The predicted molar refractivity (Wildman–Crippen MR) is 91.6 cm³/mol. The van der Waals surface area contributed by atoms with Gasteiger partial charge in [-0.2, -0.15) is 18.4 Å². The van der Waals surface area contributed by atoms with Crippen molar-refractivity contribution in [1.82, 2.24) is 4.98 Å². The van der Waals surface area contributed by atoms with Gasteiger partial charge < -0.3 is 16.6 Å². The lowest BCUT2D eigenvalue weighted by Crippen LogP contribution is -2.21. The first-order valence-electron chi connectivity index (χ1n) is 6.69. The molecule has 0 saturated heterocycles. The van der Waals surface area contributed by atoms with Crippen LogP contribution in [0.3, 0.4) is 0 Å². The van der Waals surface area contributed by atoms with Crippen LogP contribution >= 0.6 is 11.8 Å². The second kappa shape index (κ2) is 7.97. The van der Waals surface area contributed by atoms with Gasteiger partial charge in [-0.1, -0.05) is 37.4 Å². The summed E-state index contributed by atoms with van der Waals surface area (Å²) >= 11 is 1.55. The zero-order valence-corrected chi connectivity index (χ0v) is 13.3. The fourth-order valence-electron chi connectivity index (χ4n) is 2.05. The molecular weight excluding hydrogens is 369 g/mol. The quantitative estimate of drug-likeness (QED) is 0.542. The third kappa shape index (κ3) is 4.37. The van der Waals surface area contributed by atoms with Crippen molar-refractivity contribution in [2.45, 2.75) is 29.9 Å². The SMILES string of the molecule is C.N#Cc1c(N)nc2c(c1N)Cc1ccccc1S2.O=C(O)C(F)(F)F. The van der Waals surface area contributed by atoms with Crippen LogP contribution in [0.15, 0.2) is 34.2 Å². The van der Waals surface area contributed by atoms with Gasteiger partial charge >= 0.3 is 12.1 Å². The minimum Gasteiger partial charge on any atom is -0.475 e. The van der Waals surface area contributed by atoms with Gasteiger partial charge in [0.2, 0.25) is 0 Å². The van der Waals surface area contributed by atoms with E-state index in [-0.39, 0.29) is 18.8 Å². The van der Waals surface area contributed by atoms with Crippen LogP contribution < -0.4 is 11.5 Å². The Kier molecular flexibility index (Phi) is 6.47. The maximum Gasteiger partial charge on any atom is 0.490 e. The fourth-order valence-corrected chi connectivity index (χ4v) is 3.13. The number of carbonyl (C=O) groups is 1. The van der Waals surface area contributed by atoms with E-state index >= 15 is 0 Å². The van der Waals surface area contributed by atoms with E-state index in [4.69, 9.17) is 26.6 Å². The molecule has 0 spiro atoms. The van der Waals surface area contributed by atoms with Crippen LogP contribution in [0.25, 0.3) is 0 Å². The Morgan fingerprint density at radius 1 is 1.31 bits per heavy atom. The fraction of sp³-hybridized carbons (Fsp3) is 0.188. The van der Waals surface area contributed by atoms with Gasteiger partial charge in [-0.25, -0.2) is 9.78 Å². The average molecular weight is 384 g/mol. The van der Waals surface area contributed by atoms with Crippen molar-refractivity contribution in [2.75, 3.05) is 11.5 Å². The van der Waals surface area contributed by atoms with E-state index in [1.54, 1.807) is 11.8 Å². The standard InChI is InChI=1S/C13H10N4S.C2HF3O2.CH4/c14-6-9-11(15)8-5-7-3-1-2-4-10(7)18-13(8)17-12(9)16;3-2(4,5)1(6)7;/h1-4H,5H2,(H4,15,16,17);(H,6,7);1H4. The van der Waals surface area contributed by atoms with Gasteiger partial charge in [0.1, 0.15) is 22.5 Å². The summed E-state index contributed by atoms with van der Waals surface area (Å²) in [4.78, 5) is 14.3. The average Bonchev–Trinajstić information content (AvgIpc) is 2.53. The van der Waals surface area contributed by atoms with Crippen molar-refractivity contribution in [3.8, 4) is 6.07 Å². The second-order valence-corrected chi connectivity index (χ2v) is 5.90. The molecule has 0 atom stereocenters. The van der Waals surface area contributed by atoms with Gasteiger partial charge in [0.05, 0.1) is 5.69 Å². The van der Waals surface area contributed by atoms with Gasteiger partial charge in [0, 0.05) is 16.9 Å². The van der Waals surface area contributed by atoms with Crippen LogP contribution in [-0.4, -0.2) is 22.2 Å². The summed E-state index contributed by atoms with van der Waals surface area (Å²) in [5.74, 6) is -2.55. The van der Waals surface area contributed by atoms with E-state index in [0.29, 0.717) is 12.1 Å². The molecule has 3 rings (SSSR count). The summed E-state index contributed by atoms with van der Waals surface area (Å²) in [5, 5.41) is 17.0. The maximum absolute atomic E-state index is 10.6. The number of aliphatic carboxylic acids is 1. The minimum absolute atomic E-state index is 0. The number of hydrogen-bond acceptors (Lipinski definition) is 6. The van der Waals surface area contributed by atoms with Crippen molar-refractivity contribution in [3.63, 3.8) is 0 Å². The lowest BCUT2D eigenvalue weighted by Gasteiger charge is -2.20. The van der Waals surface area contributed by atoms with Crippen molar-refractivity contribution in [3.05, 3.63) is 41.0 Å². The molecule has 2 aromatic rings. The predicted octanol–water partition coefficient (Wildman–Crippen LogP) is 3.44. The van der Waals surface area contributed by atoms with Crippen LogP contribution in [0.5, 0.6) is 0 Å². The zero-order chi connectivity index (χ0) is 18.8. The minimum atomic E-state index is -5.08. The van der Waals surface area contributed by atoms with Crippen LogP contribution in [-0.2, 0) is 11.2 Å². The largest absolute Gasteiger partial charge is 0.490 e. The molecule has 0 fully saturated rings. The number of nitrogens with two attached hydrogens (primary N) is 2. The molecule has 10 heteroatoms. The van der Waals surface area contributed by atoms with Crippen LogP contribution in [0.2, 0.25) is 0 Å². The van der Waals surface area contributed by atoms with Crippen LogP contribution in [0, 0.1) is 11.3 Å². The zero-order valence-electron chi connectivity index (χ0n) is 12.5. The molecule has 138 valence electrons. The first-order valence-corrected chi connectivity index (χ1v) is 7.50. The van der Waals surface area contributed by atoms with Crippen molar-refractivity contribution in [2.24, 2.45) is 0 Å². The Morgan fingerprint density at radius 2 is 1.88 bits per heavy atom. The first-order chi connectivity index (χ1) is 11.6. The molecule has 5 N–H and O–H groups in total. The van der Waals surface area contributed by atoms with Crippen molar-refractivity contribution in [1.29, 1.82) is 5.26 Å². The molecule has 1 aromatic heterocycles. The highest BCUT2D eigenvalue weighted by atomic mass is 32.2. The highest BCUT2D eigenvalue weighted by molar-refractivity contribution is 7.99. The topological polar surface area (TPSA) is 126 Å². The number of hydrogen-bond donors (Lipinski definition) is 3. The molecule has 0 bridgehead atoms. The number of nitriles is 1. The summed E-state index contributed by atoms with van der Waals surface area (Å²) < 4.78 is 31.7. The van der Waals surface area contributed by atoms with Gasteiger partial charge in [0.25, 0.3) is 0 Å². The number of anilines is 2. The summed E-state index contributed by atoms with van der Waals surface area (Å²) in [5.41, 5.74) is 14.6. The monoisotopic (exact) mass is 384 g/mol. The third-order valence-electron chi connectivity index (χ3n) is 3.23. The summed E-state index contributed by atoms with van der Waals surface area (Å²) in [6, 6.07) is 10.1. The molecule has 2 heterocycles. The van der Waals surface area contributed by atoms with Crippen LogP contribution in [0.4, 0.5) is 24.7 Å². The number of alkyl halides is 3. The molecule has 0 saturated carbocycles. The number of nitrogen functional groups attached to an aromatic ring is 2. The van der Waals surface area contributed by atoms with Crippen molar-refractivity contribution < 1.29 is 23.1 Å². The molecule has 1 aliphatic rings. The Balaban J connectivity index is 0.000000366. The van der Waals surface area contributed by atoms with Gasteiger partial charge in [-0.3, -0.25) is 0 Å². The molecule has 1 aromatic carbocycles. The molecule has 0 aliphatic carbocycles. The number of aromatic nitrogens is 1. The van der Waals surface area contributed by atoms with E-state index < -0.39 is 12.1 Å². The number of halogens is 3. The number of carboxylic acids is 1. The Bertz CT molecular complexity index is 879. The summed E-state index contributed by atoms with van der Waals surface area (Å²) in [6.45, 7) is 0. The lowest BCUT2D eigenvalue weighted by molar-refractivity contribution is -0.192. The first kappa shape index (κ1) is 21.1. The van der Waals surface area contributed by atoms with E-state index in [0.717, 1.165) is 10.6 Å². The Labute approximate surface area is 151 Å². The van der Waals surface area contributed by atoms with Crippen molar-refractivity contribution >= 4 is 29.2 Å².